The molecule has 3 rings (SSSR count). The lowest BCUT2D eigenvalue weighted by Gasteiger charge is -2.08. The van der Waals surface area contributed by atoms with Crippen LogP contribution in [0.3, 0.4) is 0 Å². The van der Waals surface area contributed by atoms with Crippen LogP contribution < -0.4 is 10.5 Å². The van der Waals surface area contributed by atoms with E-state index < -0.39 is 10.0 Å². The first kappa shape index (κ1) is 15.0. The highest BCUT2D eigenvalue weighted by Crippen LogP contribution is 2.20. The zero-order chi connectivity index (χ0) is 16.3. The molecule has 7 heteroatoms. The number of hydrogen-bond donors (Lipinski definition) is 2. The summed E-state index contributed by atoms with van der Waals surface area (Å²) in [7, 11) is -3.72. The van der Waals surface area contributed by atoms with Crippen molar-refractivity contribution in [2.45, 2.75) is 4.90 Å². The van der Waals surface area contributed by atoms with E-state index in [4.69, 9.17) is 5.73 Å². The maximum Gasteiger partial charge on any atom is 0.263 e. The Morgan fingerprint density at radius 1 is 0.913 bits per heavy atom. The van der Waals surface area contributed by atoms with E-state index in [1.165, 1.54) is 30.6 Å². The molecule has 0 spiro atoms. The van der Waals surface area contributed by atoms with Crippen LogP contribution in [0.2, 0.25) is 0 Å². The van der Waals surface area contributed by atoms with Gasteiger partial charge in [-0.05, 0) is 24.3 Å². The van der Waals surface area contributed by atoms with Crippen LogP contribution in [0, 0.1) is 0 Å². The summed E-state index contributed by atoms with van der Waals surface area (Å²) in [5.74, 6) is 0.204. The molecule has 3 aromatic rings. The Morgan fingerprint density at radius 3 is 2.30 bits per heavy atom. The van der Waals surface area contributed by atoms with Crippen LogP contribution in [0.15, 0.2) is 71.9 Å². The largest absolute Gasteiger partial charge is 0.399 e. The van der Waals surface area contributed by atoms with Gasteiger partial charge in [0.1, 0.15) is 12.1 Å². The van der Waals surface area contributed by atoms with Crippen LogP contribution in [0.5, 0.6) is 0 Å². The van der Waals surface area contributed by atoms with Gasteiger partial charge in [-0.25, -0.2) is 18.4 Å². The molecule has 2 aromatic carbocycles. The van der Waals surface area contributed by atoms with Crippen molar-refractivity contribution in [3.8, 4) is 11.3 Å². The molecule has 23 heavy (non-hydrogen) atoms. The van der Waals surface area contributed by atoms with Gasteiger partial charge in [-0.3, -0.25) is 4.72 Å². The van der Waals surface area contributed by atoms with Crippen LogP contribution in [0.1, 0.15) is 0 Å². The number of hydrogen-bond acceptors (Lipinski definition) is 5. The Morgan fingerprint density at radius 2 is 1.61 bits per heavy atom. The number of aromatic nitrogens is 2. The highest BCUT2D eigenvalue weighted by molar-refractivity contribution is 7.92. The molecule has 3 N–H and O–H groups in total. The Balaban J connectivity index is 1.90. The molecule has 0 aliphatic rings. The second kappa shape index (κ2) is 6.05. The lowest BCUT2D eigenvalue weighted by Crippen LogP contribution is -2.14. The molecule has 0 aliphatic carbocycles. The average molecular weight is 326 g/mol. The predicted molar refractivity (Wildman–Crippen MR) is 89.1 cm³/mol. The summed E-state index contributed by atoms with van der Waals surface area (Å²) in [4.78, 5) is 8.25. The molecule has 0 radical (unpaired) electrons. The normalized spacial score (nSPS) is 11.1. The topological polar surface area (TPSA) is 98.0 Å². The summed E-state index contributed by atoms with van der Waals surface area (Å²) in [5.41, 5.74) is 7.58. The SMILES string of the molecule is Nc1ccc(S(=O)(=O)Nc2cc(-c3ccccc3)ncn2)cc1. The first-order valence-corrected chi connectivity index (χ1v) is 8.29. The summed E-state index contributed by atoms with van der Waals surface area (Å²) in [6.07, 6.45) is 1.32. The third-order valence-electron chi connectivity index (χ3n) is 3.17. The van der Waals surface area contributed by atoms with E-state index in [-0.39, 0.29) is 10.7 Å². The van der Waals surface area contributed by atoms with Crippen LogP contribution >= 0.6 is 0 Å². The lowest BCUT2D eigenvalue weighted by molar-refractivity contribution is 0.601. The van der Waals surface area contributed by atoms with Crippen molar-refractivity contribution in [3.63, 3.8) is 0 Å². The number of sulfonamides is 1. The summed E-state index contributed by atoms with van der Waals surface area (Å²) in [5, 5.41) is 0. The molecule has 0 aliphatic heterocycles. The zero-order valence-corrected chi connectivity index (χ0v) is 12.9. The Kier molecular flexibility index (Phi) is 3.94. The quantitative estimate of drug-likeness (QED) is 0.718. The van der Waals surface area contributed by atoms with Gasteiger partial charge in [0.2, 0.25) is 0 Å². The van der Waals surface area contributed by atoms with Crippen LogP contribution in [0.4, 0.5) is 11.5 Å². The molecule has 116 valence electrons. The summed E-state index contributed by atoms with van der Waals surface area (Å²) >= 11 is 0. The molecule has 0 saturated carbocycles. The molecule has 6 nitrogen and oxygen atoms in total. The molecule has 0 fully saturated rings. The number of nitrogens with one attached hydrogen (secondary N) is 1. The van der Waals surface area contributed by atoms with Crippen molar-refractivity contribution < 1.29 is 8.42 Å². The van der Waals surface area contributed by atoms with E-state index in [1.54, 1.807) is 6.07 Å². The van der Waals surface area contributed by atoms with Crippen molar-refractivity contribution in [3.05, 3.63) is 67.0 Å². The van der Waals surface area contributed by atoms with Crippen LogP contribution in [-0.2, 0) is 10.0 Å². The maximum absolute atomic E-state index is 12.3. The smallest absolute Gasteiger partial charge is 0.263 e. The third-order valence-corrected chi connectivity index (χ3v) is 4.54. The second-order valence-corrected chi connectivity index (χ2v) is 6.51. The third kappa shape index (κ3) is 3.46. The van der Waals surface area contributed by atoms with Crippen LogP contribution in [-0.4, -0.2) is 18.4 Å². The fourth-order valence-corrected chi connectivity index (χ4v) is 3.02. The second-order valence-electron chi connectivity index (χ2n) is 4.83. The van der Waals surface area contributed by atoms with Crippen molar-refractivity contribution in [2.75, 3.05) is 10.5 Å². The van der Waals surface area contributed by atoms with Crippen molar-refractivity contribution in [1.29, 1.82) is 0 Å². The molecular weight excluding hydrogens is 312 g/mol. The number of anilines is 2. The number of nitrogen functional groups attached to an aromatic ring is 1. The van der Waals surface area contributed by atoms with Gasteiger partial charge in [0.05, 0.1) is 10.6 Å². The first-order chi connectivity index (χ1) is 11.0. The van der Waals surface area contributed by atoms with E-state index in [0.717, 1.165) is 5.56 Å². The first-order valence-electron chi connectivity index (χ1n) is 6.80. The van der Waals surface area contributed by atoms with E-state index in [2.05, 4.69) is 14.7 Å². The molecule has 0 unspecified atom stereocenters. The van der Waals surface area contributed by atoms with Gasteiger partial charge >= 0.3 is 0 Å². The van der Waals surface area contributed by atoms with E-state index in [1.807, 2.05) is 30.3 Å². The van der Waals surface area contributed by atoms with Gasteiger partial charge in [-0.2, -0.15) is 0 Å². The minimum Gasteiger partial charge on any atom is -0.399 e. The van der Waals surface area contributed by atoms with E-state index in [0.29, 0.717) is 11.4 Å². The monoisotopic (exact) mass is 326 g/mol. The van der Waals surface area contributed by atoms with Crippen molar-refractivity contribution >= 4 is 21.5 Å². The lowest BCUT2D eigenvalue weighted by atomic mass is 10.1. The molecule has 1 aromatic heterocycles. The number of nitrogens with zero attached hydrogens (tertiary/aromatic N) is 2. The van der Waals surface area contributed by atoms with Gasteiger partial charge < -0.3 is 5.73 Å². The number of benzene rings is 2. The van der Waals surface area contributed by atoms with Crippen molar-refractivity contribution in [1.82, 2.24) is 9.97 Å². The predicted octanol–water partition coefficient (Wildman–Crippen LogP) is 2.53. The molecule has 0 saturated heterocycles. The van der Waals surface area contributed by atoms with Gasteiger partial charge in [0.25, 0.3) is 10.0 Å². The molecule has 0 amide bonds. The van der Waals surface area contributed by atoms with Gasteiger partial charge in [0, 0.05) is 17.3 Å². The summed E-state index contributed by atoms with van der Waals surface area (Å²) in [6, 6.07) is 17.0. The van der Waals surface area contributed by atoms with E-state index in [9.17, 15) is 8.42 Å². The fourth-order valence-electron chi connectivity index (χ4n) is 2.02. The van der Waals surface area contributed by atoms with E-state index >= 15 is 0 Å². The maximum atomic E-state index is 12.3. The number of rotatable bonds is 4. The molecular formula is C16H14N4O2S. The standard InChI is InChI=1S/C16H14N4O2S/c17-13-6-8-14(9-7-13)23(21,22)20-16-10-15(18-11-19-16)12-4-2-1-3-5-12/h1-11H,17H2,(H,18,19,20). The van der Waals surface area contributed by atoms with Gasteiger partial charge in [0.15, 0.2) is 0 Å². The number of nitrogens with two attached hydrogens (primary N) is 1. The highest BCUT2D eigenvalue weighted by Gasteiger charge is 2.15. The van der Waals surface area contributed by atoms with Gasteiger partial charge in [-0.1, -0.05) is 30.3 Å². The molecule has 0 atom stereocenters. The molecule has 0 bridgehead atoms. The zero-order valence-electron chi connectivity index (χ0n) is 12.0. The fraction of sp³-hybridized carbons (Fsp3) is 0. The summed E-state index contributed by atoms with van der Waals surface area (Å²) < 4.78 is 27.1. The highest BCUT2D eigenvalue weighted by atomic mass is 32.2. The van der Waals surface area contributed by atoms with Crippen molar-refractivity contribution in [2.24, 2.45) is 0 Å². The van der Waals surface area contributed by atoms with Gasteiger partial charge in [-0.15, -0.1) is 0 Å². The summed E-state index contributed by atoms with van der Waals surface area (Å²) in [6.45, 7) is 0. The Hall–Kier alpha value is -2.93. The average Bonchev–Trinajstić information content (AvgIpc) is 2.56. The minimum absolute atomic E-state index is 0.117. The molecule has 1 heterocycles. The Bertz CT molecular complexity index is 910. The minimum atomic E-state index is -3.72. The Labute approximate surface area is 134 Å². The van der Waals surface area contributed by atoms with Crippen LogP contribution in [0.25, 0.3) is 11.3 Å².